The van der Waals surface area contributed by atoms with Gasteiger partial charge in [0, 0.05) is 40.7 Å². The molecule has 3 aromatic heterocycles. The Morgan fingerprint density at radius 3 is 2.22 bits per heavy atom. The summed E-state index contributed by atoms with van der Waals surface area (Å²) in [5, 5.41) is 7.63. The van der Waals surface area contributed by atoms with E-state index < -0.39 is 0 Å². The van der Waals surface area contributed by atoms with Crippen molar-refractivity contribution in [2.75, 3.05) is 7.11 Å². The van der Waals surface area contributed by atoms with Crippen LogP contribution in [0.15, 0.2) is 103 Å². The molecular weight excluding hydrogens is 617 g/mol. The molecule has 0 bridgehead atoms. The van der Waals surface area contributed by atoms with E-state index in [9.17, 15) is 0 Å². The van der Waals surface area contributed by atoms with Crippen LogP contribution >= 0.6 is 0 Å². The summed E-state index contributed by atoms with van der Waals surface area (Å²) in [6, 6.07) is 34.0. The fourth-order valence-corrected chi connectivity index (χ4v) is 7.09. The number of fused-ring (bicyclic) bond motifs is 3. The molecular formula is C44H46N4O2. The molecule has 254 valence electrons. The molecule has 1 unspecified atom stereocenters. The minimum Gasteiger partial charge on any atom is -0.497 e. The van der Waals surface area contributed by atoms with Crippen molar-refractivity contribution in [3.63, 3.8) is 0 Å². The van der Waals surface area contributed by atoms with Gasteiger partial charge < -0.3 is 9.47 Å². The summed E-state index contributed by atoms with van der Waals surface area (Å²) in [5.41, 5.74) is 10.8. The van der Waals surface area contributed by atoms with Crippen molar-refractivity contribution in [1.29, 1.82) is 0 Å². The van der Waals surface area contributed by atoms with Gasteiger partial charge in [0.2, 0.25) is 0 Å². The fraction of sp³-hybridized carbons (Fsp3) is 0.273. The molecule has 0 aliphatic rings. The fourth-order valence-electron chi connectivity index (χ4n) is 7.09. The number of pyridine rings is 1. The van der Waals surface area contributed by atoms with E-state index in [-0.39, 0.29) is 0 Å². The van der Waals surface area contributed by atoms with Crippen LogP contribution in [0.2, 0.25) is 0 Å². The standard InChI is InChI=1S/C44H46N4O2/c1-7-14-39-43(32-24-30(9-3)23-31(10-4)25-32)44(29(5)8-2)48(46-39)33-15-13-16-35(26-33)50-36-19-20-38-37-17-11-12-18-40(37)47(41(38)27-36)42-28-34(49-6)21-22-45-42/h11-13,15-29H,7-10,14H2,1-6H3. The van der Waals surface area contributed by atoms with E-state index in [1.54, 1.807) is 13.3 Å². The molecule has 7 aromatic rings. The summed E-state index contributed by atoms with van der Waals surface area (Å²) in [6.07, 6.45) is 6.79. The highest BCUT2D eigenvalue weighted by atomic mass is 16.5. The van der Waals surface area contributed by atoms with Gasteiger partial charge in [0.25, 0.3) is 0 Å². The van der Waals surface area contributed by atoms with Gasteiger partial charge in [-0.3, -0.25) is 4.57 Å². The van der Waals surface area contributed by atoms with Crippen molar-refractivity contribution < 1.29 is 9.47 Å². The Bertz CT molecular complexity index is 2270. The Morgan fingerprint density at radius 2 is 1.48 bits per heavy atom. The van der Waals surface area contributed by atoms with Gasteiger partial charge in [0.05, 0.1) is 35.2 Å². The monoisotopic (exact) mass is 662 g/mol. The molecule has 0 aliphatic heterocycles. The van der Waals surface area contributed by atoms with Crippen molar-refractivity contribution in [1.82, 2.24) is 19.3 Å². The summed E-state index contributed by atoms with van der Waals surface area (Å²) < 4.78 is 16.5. The molecule has 0 saturated heterocycles. The lowest BCUT2D eigenvalue weighted by Gasteiger charge is -2.17. The minimum atomic E-state index is 0.317. The number of methoxy groups -OCH3 is 1. The van der Waals surface area contributed by atoms with Crippen LogP contribution in [0, 0.1) is 0 Å². The molecule has 0 amide bonds. The Morgan fingerprint density at radius 1 is 0.720 bits per heavy atom. The largest absolute Gasteiger partial charge is 0.497 e. The molecule has 7 rings (SSSR count). The second kappa shape index (κ2) is 14.2. The predicted molar refractivity (Wildman–Crippen MR) is 206 cm³/mol. The average Bonchev–Trinajstić information content (AvgIpc) is 3.70. The summed E-state index contributed by atoms with van der Waals surface area (Å²) in [6.45, 7) is 11.3. The van der Waals surface area contributed by atoms with Crippen molar-refractivity contribution in [2.45, 2.75) is 72.6 Å². The van der Waals surface area contributed by atoms with Crippen LogP contribution in [-0.4, -0.2) is 26.4 Å². The van der Waals surface area contributed by atoms with Crippen LogP contribution < -0.4 is 9.47 Å². The third-order valence-electron chi connectivity index (χ3n) is 9.84. The molecule has 0 N–H and O–H groups in total. The van der Waals surface area contributed by atoms with E-state index in [4.69, 9.17) is 19.6 Å². The summed E-state index contributed by atoms with van der Waals surface area (Å²) in [4.78, 5) is 4.71. The number of rotatable bonds is 12. The van der Waals surface area contributed by atoms with E-state index in [2.05, 4.69) is 117 Å². The number of benzene rings is 4. The average molecular weight is 663 g/mol. The van der Waals surface area contributed by atoms with E-state index >= 15 is 0 Å². The molecule has 0 aliphatic carbocycles. The number of ether oxygens (including phenoxy) is 2. The van der Waals surface area contributed by atoms with Crippen LogP contribution in [0.4, 0.5) is 0 Å². The Balaban J connectivity index is 1.32. The lowest BCUT2D eigenvalue weighted by molar-refractivity contribution is 0.414. The highest BCUT2D eigenvalue weighted by molar-refractivity contribution is 6.09. The smallest absolute Gasteiger partial charge is 0.141 e. The lowest BCUT2D eigenvalue weighted by Crippen LogP contribution is -2.06. The van der Waals surface area contributed by atoms with E-state index in [1.807, 2.05) is 24.3 Å². The maximum Gasteiger partial charge on any atom is 0.141 e. The first-order valence-corrected chi connectivity index (χ1v) is 18.0. The van der Waals surface area contributed by atoms with Crippen LogP contribution in [0.1, 0.15) is 75.9 Å². The Labute approximate surface area is 295 Å². The number of hydrogen-bond acceptors (Lipinski definition) is 4. The lowest BCUT2D eigenvalue weighted by atomic mass is 9.90. The highest BCUT2D eigenvalue weighted by Gasteiger charge is 2.24. The van der Waals surface area contributed by atoms with Gasteiger partial charge in [-0.1, -0.05) is 83.5 Å². The molecule has 6 nitrogen and oxygen atoms in total. The number of aromatic nitrogens is 4. The van der Waals surface area contributed by atoms with Crippen LogP contribution in [0.5, 0.6) is 17.2 Å². The van der Waals surface area contributed by atoms with E-state index in [0.717, 1.165) is 88.4 Å². The third kappa shape index (κ3) is 6.15. The molecule has 0 fully saturated rings. The van der Waals surface area contributed by atoms with Crippen molar-refractivity contribution in [3.05, 3.63) is 126 Å². The second-order valence-electron chi connectivity index (χ2n) is 13.1. The maximum atomic E-state index is 6.64. The molecule has 3 heterocycles. The quantitative estimate of drug-likeness (QED) is 0.131. The zero-order chi connectivity index (χ0) is 34.8. The van der Waals surface area contributed by atoms with Gasteiger partial charge >= 0.3 is 0 Å². The van der Waals surface area contributed by atoms with Crippen molar-refractivity contribution in [2.24, 2.45) is 0 Å². The third-order valence-corrected chi connectivity index (χ3v) is 9.84. The summed E-state index contributed by atoms with van der Waals surface area (Å²) in [5.74, 6) is 3.38. The topological polar surface area (TPSA) is 54.1 Å². The first kappa shape index (κ1) is 33.2. The highest BCUT2D eigenvalue weighted by Crippen LogP contribution is 2.39. The Hall–Kier alpha value is -5.36. The van der Waals surface area contributed by atoms with Gasteiger partial charge in [-0.05, 0) is 84.7 Å². The minimum absolute atomic E-state index is 0.317. The zero-order valence-electron chi connectivity index (χ0n) is 30.0. The zero-order valence-corrected chi connectivity index (χ0v) is 30.0. The van der Waals surface area contributed by atoms with Gasteiger partial charge in [0.1, 0.15) is 23.1 Å². The van der Waals surface area contributed by atoms with Gasteiger partial charge in [-0.2, -0.15) is 5.10 Å². The van der Waals surface area contributed by atoms with E-state index in [0.29, 0.717) is 5.92 Å². The SMILES string of the molecule is CCCc1nn(-c2cccc(Oc3ccc4c5ccccc5n(-c5cc(OC)ccn5)c4c3)c2)c(C(C)CC)c1-c1cc(CC)cc(CC)c1. The van der Waals surface area contributed by atoms with Crippen molar-refractivity contribution >= 4 is 21.8 Å². The van der Waals surface area contributed by atoms with Crippen molar-refractivity contribution in [3.8, 4) is 39.9 Å². The first-order valence-electron chi connectivity index (χ1n) is 18.0. The van der Waals surface area contributed by atoms with Crippen LogP contribution in [0.25, 0.3) is 44.4 Å². The molecule has 50 heavy (non-hydrogen) atoms. The number of para-hydroxylation sites is 1. The molecule has 4 aromatic carbocycles. The van der Waals surface area contributed by atoms with Crippen LogP contribution in [-0.2, 0) is 19.3 Å². The Kier molecular flexibility index (Phi) is 9.44. The number of aryl methyl sites for hydroxylation is 3. The van der Waals surface area contributed by atoms with Crippen LogP contribution in [0.3, 0.4) is 0 Å². The van der Waals surface area contributed by atoms with Gasteiger partial charge in [-0.25, -0.2) is 9.67 Å². The molecule has 0 radical (unpaired) electrons. The predicted octanol–water partition coefficient (Wildman–Crippen LogP) is 11.4. The summed E-state index contributed by atoms with van der Waals surface area (Å²) >= 11 is 0. The number of nitrogens with zero attached hydrogens (tertiary/aromatic N) is 4. The normalized spacial score (nSPS) is 12.1. The maximum absolute atomic E-state index is 6.64. The molecule has 1 atom stereocenters. The van der Waals surface area contributed by atoms with E-state index in [1.165, 1.54) is 27.9 Å². The molecule has 6 heteroatoms. The molecule has 0 spiro atoms. The van der Waals surface area contributed by atoms with Gasteiger partial charge in [0.15, 0.2) is 0 Å². The summed E-state index contributed by atoms with van der Waals surface area (Å²) in [7, 11) is 1.68. The van der Waals surface area contributed by atoms with Gasteiger partial charge in [-0.15, -0.1) is 0 Å². The first-order chi connectivity index (χ1) is 24.5. The second-order valence-corrected chi connectivity index (χ2v) is 13.1. The molecule has 0 saturated carbocycles. The number of hydrogen-bond donors (Lipinski definition) is 0.